The van der Waals surface area contributed by atoms with Gasteiger partial charge in [-0.25, -0.2) is 0 Å². The van der Waals surface area contributed by atoms with Gasteiger partial charge in [-0.2, -0.15) is 0 Å². The highest BCUT2D eigenvalue weighted by Crippen LogP contribution is 2.38. The SMILES string of the molecule is CC(=O)OCC1OC=CC(O[C@H]2OC(C)[C@@H](OC(C)=O)C(OC(C)=O)[C@@H]2OC(C)=O)[C@H]1O[C@@H]1OC(COC(C)=O)[C@H](OC(C)=O)[C@H](OC(C)=O)C1OC1OC(C)[C@H](OC(C)=O)[C@@H](OC(C)=O)C1OC(C)=O. The zero-order valence-corrected chi connectivity index (χ0v) is 41.0. The zero-order chi connectivity index (χ0) is 53.0. The molecule has 27 nitrogen and oxygen atoms in total. The second kappa shape index (κ2) is 25.9. The maximum Gasteiger partial charge on any atom is 0.303 e. The molecule has 0 aromatic carbocycles. The van der Waals surface area contributed by atoms with E-state index in [9.17, 15) is 47.9 Å². The minimum atomic E-state index is -1.97. The van der Waals surface area contributed by atoms with Crippen molar-refractivity contribution < 1.29 is 128 Å². The molecule has 0 N–H and O–H groups in total. The lowest BCUT2D eigenvalue weighted by Gasteiger charge is -2.49. The molecule has 0 aromatic heterocycles. The largest absolute Gasteiger partial charge is 0.492 e. The fourth-order valence-electron chi connectivity index (χ4n) is 7.99. The molecule has 0 aromatic rings. The summed E-state index contributed by atoms with van der Waals surface area (Å²) in [6, 6.07) is 0. The molecule has 0 spiro atoms. The van der Waals surface area contributed by atoms with Gasteiger partial charge in [-0.3, -0.25) is 47.9 Å². The van der Waals surface area contributed by atoms with Gasteiger partial charge >= 0.3 is 59.7 Å². The fraction of sp³-hybridized carbons (Fsp3) is 0.727. The lowest BCUT2D eigenvalue weighted by atomic mass is 9.96. The molecule has 4 heterocycles. The van der Waals surface area contributed by atoms with Crippen LogP contribution in [0.1, 0.15) is 83.1 Å². The summed E-state index contributed by atoms with van der Waals surface area (Å²) in [6.45, 7) is 12.1. The summed E-state index contributed by atoms with van der Waals surface area (Å²) in [5.74, 6) is -8.83. The molecule has 9 unspecified atom stereocenters. The standard InChI is InChI=1S/C44H60O27/c1-17-32(60-21(5)47)36(63-24(8)50)39(66-27(11)53)42(58-17)68-29-13-14-55-30(15-56-19(3)45)34(29)70-44-41(38(65-26(10)52)35(62-23(7)49)31(69-44)16-57-20(4)46)71-43-40(67-28(12)54)37(64-25(9)51)33(18(2)59-43)61-22(6)48/h13-14,17-18,29-44H,15-16H2,1-12H3/t17?,18?,29?,30?,31?,32-,33+,34-,35+,36?,37-,38+,39+,40?,41?,42-,43?,44+/m1/s1. The minimum Gasteiger partial charge on any atom is -0.492 e. The molecule has 0 radical (unpaired) electrons. The van der Waals surface area contributed by atoms with Gasteiger partial charge in [0.1, 0.15) is 31.5 Å². The third-order valence-corrected chi connectivity index (χ3v) is 10.4. The van der Waals surface area contributed by atoms with Crippen molar-refractivity contribution >= 4 is 59.7 Å². The van der Waals surface area contributed by atoms with Crippen LogP contribution in [0, 0.1) is 0 Å². The van der Waals surface area contributed by atoms with E-state index >= 15 is 0 Å². The molecule has 398 valence electrons. The fourth-order valence-corrected chi connectivity index (χ4v) is 7.99. The van der Waals surface area contributed by atoms with E-state index in [1.807, 2.05) is 0 Å². The van der Waals surface area contributed by atoms with Gasteiger partial charge < -0.3 is 80.5 Å². The Bertz CT molecular complexity index is 1990. The van der Waals surface area contributed by atoms with E-state index in [1.54, 1.807) is 0 Å². The van der Waals surface area contributed by atoms with Crippen LogP contribution in [0.5, 0.6) is 0 Å². The molecule has 0 aliphatic carbocycles. The monoisotopic (exact) mass is 1020 g/mol. The number of hydrogen-bond acceptors (Lipinski definition) is 27. The average molecular weight is 1020 g/mol. The molecule has 71 heavy (non-hydrogen) atoms. The predicted octanol–water partition coefficient (Wildman–Crippen LogP) is -0.151. The quantitative estimate of drug-likeness (QED) is 0.127. The molecule has 4 aliphatic heterocycles. The second-order valence-electron chi connectivity index (χ2n) is 16.5. The number of carbonyl (C=O) groups is 10. The first-order chi connectivity index (χ1) is 33.2. The van der Waals surface area contributed by atoms with Crippen molar-refractivity contribution in [1.82, 2.24) is 0 Å². The summed E-state index contributed by atoms with van der Waals surface area (Å²) in [7, 11) is 0. The Hall–Kier alpha value is -6.00. The molecule has 0 saturated carbocycles. The van der Waals surface area contributed by atoms with Gasteiger partial charge in [0.25, 0.3) is 0 Å². The van der Waals surface area contributed by atoms with Crippen LogP contribution in [0.4, 0.5) is 0 Å². The van der Waals surface area contributed by atoms with E-state index in [-0.39, 0.29) is 0 Å². The van der Waals surface area contributed by atoms with Gasteiger partial charge in [-0.15, -0.1) is 0 Å². The Kier molecular flexibility index (Phi) is 21.0. The van der Waals surface area contributed by atoms with Crippen LogP contribution in [-0.2, 0) is 128 Å². The first kappa shape index (κ1) is 57.6. The van der Waals surface area contributed by atoms with Crippen LogP contribution in [0.25, 0.3) is 0 Å². The first-order valence-electron chi connectivity index (χ1n) is 22.1. The molecule has 4 aliphatic rings. The molecule has 0 bridgehead atoms. The van der Waals surface area contributed by atoms with Crippen molar-refractivity contribution in [1.29, 1.82) is 0 Å². The molecule has 3 fully saturated rings. The van der Waals surface area contributed by atoms with Crippen molar-refractivity contribution in [3.63, 3.8) is 0 Å². The highest BCUT2D eigenvalue weighted by molar-refractivity contribution is 5.70. The van der Waals surface area contributed by atoms with E-state index in [2.05, 4.69) is 0 Å². The van der Waals surface area contributed by atoms with Gasteiger partial charge in [-0.05, 0) is 19.9 Å². The Morgan fingerprint density at radius 2 is 0.676 bits per heavy atom. The lowest BCUT2D eigenvalue weighted by molar-refractivity contribution is -0.379. The molecule has 3 saturated heterocycles. The number of hydrogen-bond donors (Lipinski definition) is 0. The zero-order valence-electron chi connectivity index (χ0n) is 41.0. The van der Waals surface area contributed by atoms with Gasteiger partial charge in [-0.1, -0.05) is 0 Å². The van der Waals surface area contributed by atoms with Crippen molar-refractivity contribution in [3.05, 3.63) is 12.3 Å². The van der Waals surface area contributed by atoms with E-state index in [1.165, 1.54) is 19.9 Å². The number of rotatable bonds is 18. The summed E-state index contributed by atoms with van der Waals surface area (Å²) >= 11 is 0. The van der Waals surface area contributed by atoms with Crippen LogP contribution in [0.3, 0.4) is 0 Å². The van der Waals surface area contributed by atoms with E-state index < -0.39 is 183 Å². The smallest absolute Gasteiger partial charge is 0.303 e. The number of ether oxygens (including phenoxy) is 17. The van der Waals surface area contributed by atoms with E-state index in [0.29, 0.717) is 0 Å². The minimum absolute atomic E-state index is 0.567. The van der Waals surface area contributed by atoms with Crippen molar-refractivity contribution in [2.75, 3.05) is 13.2 Å². The van der Waals surface area contributed by atoms with E-state index in [0.717, 1.165) is 75.5 Å². The highest BCUT2D eigenvalue weighted by Gasteiger charge is 2.59. The number of esters is 10. The molecular formula is C44H60O27. The maximum atomic E-state index is 13.0. The van der Waals surface area contributed by atoms with Crippen molar-refractivity contribution in [2.45, 2.75) is 194 Å². The van der Waals surface area contributed by atoms with Crippen LogP contribution in [-0.4, -0.2) is 183 Å². The molecular weight excluding hydrogens is 960 g/mol. The third-order valence-electron chi connectivity index (χ3n) is 10.4. The molecule has 18 atom stereocenters. The summed E-state index contributed by atoms with van der Waals surface area (Å²) in [6.07, 6.45) is -26.1. The van der Waals surface area contributed by atoms with Gasteiger partial charge in [0, 0.05) is 69.2 Å². The maximum absolute atomic E-state index is 13.0. The average Bonchev–Trinajstić information content (AvgIpc) is 3.23. The Balaban J connectivity index is 1.92. The number of carbonyl (C=O) groups excluding carboxylic acids is 10. The van der Waals surface area contributed by atoms with Crippen molar-refractivity contribution in [2.24, 2.45) is 0 Å². The molecule has 27 heteroatoms. The third kappa shape index (κ3) is 16.5. The highest BCUT2D eigenvalue weighted by atomic mass is 16.8. The molecule has 4 rings (SSSR count). The Morgan fingerprint density at radius 1 is 0.352 bits per heavy atom. The summed E-state index contributed by atoms with van der Waals surface area (Å²) in [5.41, 5.74) is 0. The topological polar surface area (TPSA) is 328 Å². The van der Waals surface area contributed by atoms with Crippen LogP contribution in [0.15, 0.2) is 12.3 Å². The van der Waals surface area contributed by atoms with Gasteiger partial charge in [0.15, 0.2) is 79.9 Å². The summed E-state index contributed by atoms with van der Waals surface area (Å²) < 4.78 is 99.1. The Morgan fingerprint density at radius 3 is 1.08 bits per heavy atom. The predicted molar refractivity (Wildman–Crippen MR) is 224 cm³/mol. The summed E-state index contributed by atoms with van der Waals surface area (Å²) in [5, 5.41) is 0. The van der Waals surface area contributed by atoms with Crippen LogP contribution >= 0.6 is 0 Å². The normalized spacial score (nSPS) is 34.4. The lowest BCUT2D eigenvalue weighted by Crippen LogP contribution is -2.67. The van der Waals surface area contributed by atoms with Crippen LogP contribution in [0.2, 0.25) is 0 Å². The summed E-state index contributed by atoms with van der Waals surface area (Å²) in [4.78, 5) is 125. The van der Waals surface area contributed by atoms with E-state index in [4.69, 9.17) is 80.5 Å². The Labute approximate surface area is 406 Å². The van der Waals surface area contributed by atoms with Crippen molar-refractivity contribution in [3.8, 4) is 0 Å². The molecule has 0 amide bonds. The van der Waals surface area contributed by atoms with Gasteiger partial charge in [0.2, 0.25) is 0 Å². The van der Waals surface area contributed by atoms with Gasteiger partial charge in [0.05, 0.1) is 18.5 Å². The second-order valence-corrected chi connectivity index (χ2v) is 16.5. The first-order valence-corrected chi connectivity index (χ1v) is 22.1. The van der Waals surface area contributed by atoms with Crippen LogP contribution < -0.4 is 0 Å².